The maximum absolute atomic E-state index is 12.4. The molecule has 0 spiro atoms. The first-order valence-electron chi connectivity index (χ1n) is 14.0. The highest BCUT2D eigenvalue weighted by atomic mass is 16.7. The second-order valence-electron chi connectivity index (χ2n) is 9.73. The molecule has 0 amide bonds. The zero-order valence-electron chi connectivity index (χ0n) is 22.3. The number of esters is 1. The molecular weight excluding hydrogens is 450 g/mol. The molecule has 0 aromatic rings. The van der Waals surface area contributed by atoms with Gasteiger partial charge in [-0.3, -0.25) is 4.79 Å². The summed E-state index contributed by atoms with van der Waals surface area (Å²) in [6.07, 6.45) is 12.8. The summed E-state index contributed by atoms with van der Waals surface area (Å²) >= 11 is 0. The number of likely N-dealkylation sites (tertiary alicyclic amines) is 1. The van der Waals surface area contributed by atoms with Crippen LogP contribution in [0.5, 0.6) is 0 Å². The van der Waals surface area contributed by atoms with E-state index in [0.29, 0.717) is 12.8 Å². The Morgan fingerprint density at radius 3 is 1.91 bits per heavy atom. The summed E-state index contributed by atoms with van der Waals surface area (Å²) < 4.78 is 16.2. The van der Waals surface area contributed by atoms with Gasteiger partial charge < -0.3 is 29.3 Å². The Hall–Kier alpha value is -1.38. The van der Waals surface area contributed by atoms with Crippen LogP contribution in [-0.4, -0.2) is 78.4 Å². The minimum atomic E-state index is -0.914. The van der Waals surface area contributed by atoms with Crippen molar-refractivity contribution in [2.24, 2.45) is 0 Å². The fourth-order valence-electron chi connectivity index (χ4n) is 4.42. The van der Waals surface area contributed by atoms with Gasteiger partial charge in [0.1, 0.15) is 18.3 Å². The number of carbonyl (C=O) groups excluding carboxylic acids is 2. The summed E-state index contributed by atoms with van der Waals surface area (Å²) in [5, 5.41) is 18.2. The van der Waals surface area contributed by atoms with Crippen LogP contribution in [0.3, 0.4) is 0 Å². The zero-order chi connectivity index (χ0) is 25.7. The van der Waals surface area contributed by atoms with Gasteiger partial charge in [-0.15, -0.1) is 0 Å². The molecule has 0 aromatic heterocycles. The number of nitrogens with zero attached hydrogens (tertiary/aromatic N) is 1. The lowest BCUT2D eigenvalue weighted by Crippen LogP contribution is -2.38. The van der Waals surface area contributed by atoms with Gasteiger partial charge in [0.15, 0.2) is 0 Å². The van der Waals surface area contributed by atoms with Gasteiger partial charge in [-0.1, -0.05) is 71.6 Å². The van der Waals surface area contributed by atoms with Crippen molar-refractivity contribution in [3.05, 3.63) is 0 Å². The van der Waals surface area contributed by atoms with Gasteiger partial charge in [0.05, 0.1) is 13.2 Å². The van der Waals surface area contributed by atoms with E-state index >= 15 is 0 Å². The summed E-state index contributed by atoms with van der Waals surface area (Å²) in [6.45, 7) is 6.34. The van der Waals surface area contributed by atoms with Crippen LogP contribution in [0, 0.1) is 0 Å². The van der Waals surface area contributed by atoms with Gasteiger partial charge in [-0.05, 0) is 38.6 Å². The van der Waals surface area contributed by atoms with Crippen LogP contribution in [0.1, 0.15) is 110 Å². The lowest BCUT2D eigenvalue weighted by Gasteiger charge is -2.30. The molecule has 0 aromatic carbocycles. The first kappa shape index (κ1) is 31.6. The lowest BCUT2D eigenvalue weighted by atomic mass is 10.0. The lowest BCUT2D eigenvalue weighted by molar-refractivity contribution is -0.154. The molecule has 1 aliphatic rings. The van der Waals surface area contributed by atoms with Crippen LogP contribution in [0.25, 0.3) is 0 Å². The molecule has 0 bridgehead atoms. The summed E-state index contributed by atoms with van der Waals surface area (Å²) in [6, 6.07) is 0. The van der Waals surface area contributed by atoms with E-state index in [1.54, 1.807) is 0 Å². The Bertz CT molecular complexity index is 534. The van der Waals surface area contributed by atoms with E-state index in [1.807, 2.05) is 0 Å². The van der Waals surface area contributed by atoms with Crippen molar-refractivity contribution < 1.29 is 34.0 Å². The number of unbranched alkanes of at least 4 members (excludes halogenated alkanes) is 9. The Balaban J connectivity index is 2.37. The van der Waals surface area contributed by atoms with Crippen molar-refractivity contribution in [1.82, 2.24) is 4.90 Å². The second kappa shape index (κ2) is 20.8. The molecule has 1 fully saturated rings. The largest absolute Gasteiger partial charge is 0.508 e. The van der Waals surface area contributed by atoms with Gasteiger partial charge in [0, 0.05) is 19.5 Å². The molecule has 0 saturated carbocycles. The van der Waals surface area contributed by atoms with E-state index in [-0.39, 0.29) is 12.5 Å². The minimum absolute atomic E-state index is 0.0566. The average molecular weight is 502 g/mol. The van der Waals surface area contributed by atoms with Gasteiger partial charge >= 0.3 is 12.1 Å². The molecule has 0 aliphatic carbocycles. The van der Waals surface area contributed by atoms with Crippen LogP contribution in [-0.2, 0) is 19.0 Å². The van der Waals surface area contributed by atoms with Crippen molar-refractivity contribution in [3.63, 3.8) is 0 Å². The highest BCUT2D eigenvalue weighted by Crippen LogP contribution is 2.19. The Morgan fingerprint density at radius 1 is 0.800 bits per heavy atom. The second-order valence-corrected chi connectivity index (χ2v) is 9.73. The molecule has 1 unspecified atom stereocenters. The third-order valence-electron chi connectivity index (χ3n) is 6.76. The molecule has 1 atom stereocenters. The van der Waals surface area contributed by atoms with E-state index in [1.165, 1.54) is 44.9 Å². The maximum Gasteiger partial charge on any atom is 0.508 e. The van der Waals surface area contributed by atoms with Crippen molar-refractivity contribution in [1.29, 1.82) is 0 Å². The Labute approximate surface area is 212 Å². The number of rotatable bonds is 20. The Morgan fingerprint density at radius 2 is 1.37 bits per heavy atom. The van der Waals surface area contributed by atoms with Crippen LogP contribution in [0.15, 0.2) is 0 Å². The molecule has 1 rings (SSSR count). The highest BCUT2D eigenvalue weighted by Gasteiger charge is 2.24. The molecule has 2 N–H and O–H groups in total. The van der Waals surface area contributed by atoms with Crippen molar-refractivity contribution >= 4 is 12.1 Å². The van der Waals surface area contributed by atoms with Gasteiger partial charge in [0.25, 0.3) is 0 Å². The van der Waals surface area contributed by atoms with Crippen LogP contribution < -0.4 is 0 Å². The molecule has 1 aliphatic heterocycles. The maximum atomic E-state index is 12.4. The Kier molecular flexibility index (Phi) is 18.8. The smallest absolute Gasteiger partial charge is 0.457 e. The SMILES string of the molecule is CCCCCCCCCCCCC(CCC(=O)OC(CO)CO)OC(=O)OC1CCN(CC)CC1. The van der Waals surface area contributed by atoms with E-state index in [0.717, 1.165) is 51.7 Å². The van der Waals surface area contributed by atoms with Gasteiger partial charge in [-0.2, -0.15) is 0 Å². The van der Waals surface area contributed by atoms with E-state index in [2.05, 4.69) is 18.7 Å². The third kappa shape index (κ3) is 16.1. The first-order valence-corrected chi connectivity index (χ1v) is 14.0. The third-order valence-corrected chi connectivity index (χ3v) is 6.76. The summed E-state index contributed by atoms with van der Waals surface area (Å²) in [7, 11) is 0. The first-order chi connectivity index (χ1) is 17.0. The molecule has 8 heteroatoms. The molecule has 1 heterocycles. The van der Waals surface area contributed by atoms with Crippen molar-refractivity contribution in [2.45, 2.75) is 128 Å². The topological polar surface area (TPSA) is 106 Å². The number of hydrogen-bond donors (Lipinski definition) is 2. The van der Waals surface area contributed by atoms with Crippen LogP contribution >= 0.6 is 0 Å². The van der Waals surface area contributed by atoms with Gasteiger partial charge in [-0.25, -0.2) is 4.79 Å². The van der Waals surface area contributed by atoms with Crippen LogP contribution in [0.4, 0.5) is 4.79 Å². The van der Waals surface area contributed by atoms with Gasteiger partial charge in [0.2, 0.25) is 0 Å². The minimum Gasteiger partial charge on any atom is -0.457 e. The van der Waals surface area contributed by atoms with Crippen molar-refractivity contribution in [2.75, 3.05) is 32.8 Å². The zero-order valence-corrected chi connectivity index (χ0v) is 22.3. The molecule has 0 radical (unpaired) electrons. The number of aliphatic hydroxyl groups excluding tert-OH is 2. The number of ether oxygens (including phenoxy) is 3. The molecule has 8 nitrogen and oxygen atoms in total. The van der Waals surface area contributed by atoms with Crippen molar-refractivity contribution in [3.8, 4) is 0 Å². The van der Waals surface area contributed by atoms with E-state index < -0.39 is 37.5 Å². The molecule has 206 valence electrons. The summed E-state index contributed by atoms with van der Waals surface area (Å²) in [5.41, 5.74) is 0. The average Bonchev–Trinajstić information content (AvgIpc) is 2.87. The predicted octanol–water partition coefficient (Wildman–Crippen LogP) is 4.98. The summed E-state index contributed by atoms with van der Waals surface area (Å²) in [5.74, 6) is -0.518. The molecular formula is C27H51NO7. The monoisotopic (exact) mass is 501 g/mol. The normalized spacial score (nSPS) is 15.8. The van der Waals surface area contributed by atoms with Crippen LogP contribution in [0.2, 0.25) is 0 Å². The molecule has 35 heavy (non-hydrogen) atoms. The quantitative estimate of drug-likeness (QED) is 0.178. The number of carbonyl (C=O) groups is 2. The fraction of sp³-hybridized carbons (Fsp3) is 0.926. The highest BCUT2D eigenvalue weighted by molar-refractivity contribution is 5.69. The van der Waals surface area contributed by atoms with E-state index in [9.17, 15) is 9.59 Å². The predicted molar refractivity (Wildman–Crippen MR) is 136 cm³/mol. The standard InChI is InChI=1S/C27H51NO7/c1-3-5-6-7-8-9-10-11-12-13-14-23(15-16-26(31)33-25(21-29)22-30)34-27(32)35-24-17-19-28(4-2)20-18-24/h23-25,29-30H,3-22H2,1-2H3. The number of piperidine rings is 1. The number of aliphatic hydroxyl groups is 2. The number of hydrogen-bond acceptors (Lipinski definition) is 8. The van der Waals surface area contributed by atoms with E-state index in [4.69, 9.17) is 24.4 Å². The summed E-state index contributed by atoms with van der Waals surface area (Å²) in [4.78, 5) is 26.8. The molecule has 1 saturated heterocycles. The fourth-order valence-corrected chi connectivity index (χ4v) is 4.42.